The highest BCUT2D eigenvalue weighted by Crippen LogP contribution is 2.28. The summed E-state index contributed by atoms with van der Waals surface area (Å²) in [5, 5.41) is 3.24. The van der Waals surface area contributed by atoms with Gasteiger partial charge in [0.2, 0.25) is 5.75 Å². The normalized spacial score (nSPS) is 18.7. The highest BCUT2D eigenvalue weighted by Gasteiger charge is 2.16. The van der Waals surface area contributed by atoms with Gasteiger partial charge in [-0.3, -0.25) is 0 Å². The molecule has 1 aromatic rings. The van der Waals surface area contributed by atoms with E-state index in [9.17, 15) is 0 Å². The van der Waals surface area contributed by atoms with Crippen molar-refractivity contribution in [2.45, 2.75) is 12.8 Å². The van der Waals surface area contributed by atoms with Crippen molar-refractivity contribution in [3.63, 3.8) is 0 Å². The third-order valence-corrected chi connectivity index (χ3v) is 3.01. The van der Waals surface area contributed by atoms with Crippen LogP contribution in [-0.4, -0.2) is 36.8 Å². The van der Waals surface area contributed by atoms with Crippen molar-refractivity contribution in [1.82, 2.24) is 9.97 Å². The van der Waals surface area contributed by atoms with Crippen LogP contribution in [-0.2, 0) is 4.74 Å². The van der Waals surface area contributed by atoms with Crippen LogP contribution in [0.1, 0.15) is 12.8 Å². The molecule has 0 saturated carbocycles. The maximum atomic E-state index is 5.36. The maximum absolute atomic E-state index is 5.36. The van der Waals surface area contributed by atoms with E-state index in [-0.39, 0.29) is 0 Å². The van der Waals surface area contributed by atoms with Crippen molar-refractivity contribution >= 4 is 11.6 Å². The molecule has 1 unspecified atom stereocenters. The summed E-state index contributed by atoms with van der Waals surface area (Å²) in [5.41, 5.74) is 2.48. The number of hydrazine groups is 1. The van der Waals surface area contributed by atoms with Crippen LogP contribution in [0.4, 0.5) is 11.6 Å². The predicted octanol–water partition coefficient (Wildman–Crippen LogP) is 0.609. The quantitative estimate of drug-likeness (QED) is 0.505. The van der Waals surface area contributed by atoms with Gasteiger partial charge in [-0.15, -0.1) is 0 Å². The lowest BCUT2D eigenvalue weighted by molar-refractivity contribution is 0.185. The van der Waals surface area contributed by atoms with Gasteiger partial charge in [0.1, 0.15) is 6.33 Å². The Labute approximate surface area is 106 Å². The molecular formula is C11H19N5O2. The fraction of sp³-hybridized carbons (Fsp3) is 0.636. The lowest BCUT2D eigenvalue weighted by Gasteiger charge is -2.13. The molecule has 0 aromatic carbocycles. The van der Waals surface area contributed by atoms with E-state index in [0.29, 0.717) is 23.3 Å². The molecule has 0 radical (unpaired) electrons. The number of hydrogen-bond donors (Lipinski definition) is 3. The molecule has 0 amide bonds. The fourth-order valence-corrected chi connectivity index (χ4v) is 2.00. The number of anilines is 2. The molecule has 2 rings (SSSR count). The van der Waals surface area contributed by atoms with Gasteiger partial charge in [0.15, 0.2) is 11.6 Å². The van der Waals surface area contributed by atoms with Crippen LogP contribution < -0.4 is 21.3 Å². The molecule has 1 aromatic heterocycles. The smallest absolute Gasteiger partial charge is 0.205 e. The minimum absolute atomic E-state index is 0.471. The van der Waals surface area contributed by atoms with E-state index in [1.165, 1.54) is 6.33 Å². The molecule has 1 aliphatic rings. The Balaban J connectivity index is 1.91. The number of nitrogens with one attached hydrogen (secondary N) is 2. The molecule has 4 N–H and O–H groups in total. The minimum Gasteiger partial charge on any atom is -0.490 e. The first-order chi connectivity index (χ1) is 8.85. The summed E-state index contributed by atoms with van der Waals surface area (Å²) in [6, 6.07) is 0. The first kappa shape index (κ1) is 12.8. The van der Waals surface area contributed by atoms with Gasteiger partial charge in [0.05, 0.1) is 7.11 Å². The first-order valence-electron chi connectivity index (χ1n) is 6.02. The predicted molar refractivity (Wildman–Crippen MR) is 68.4 cm³/mol. The summed E-state index contributed by atoms with van der Waals surface area (Å²) in [5.74, 6) is 7.65. The molecule has 0 bridgehead atoms. The zero-order valence-electron chi connectivity index (χ0n) is 10.5. The summed E-state index contributed by atoms with van der Waals surface area (Å²) in [6.07, 6.45) is 3.63. The van der Waals surface area contributed by atoms with Crippen LogP contribution in [0.25, 0.3) is 0 Å². The molecule has 1 fully saturated rings. The van der Waals surface area contributed by atoms with E-state index < -0.39 is 0 Å². The molecule has 1 aliphatic heterocycles. The number of aromatic nitrogens is 2. The van der Waals surface area contributed by atoms with Crippen LogP contribution >= 0.6 is 0 Å². The van der Waals surface area contributed by atoms with Crippen molar-refractivity contribution in [3.05, 3.63) is 6.33 Å². The Kier molecular flexibility index (Phi) is 4.54. The van der Waals surface area contributed by atoms with Gasteiger partial charge in [-0.25, -0.2) is 15.8 Å². The molecule has 7 heteroatoms. The topological polar surface area (TPSA) is 94.3 Å². The Morgan fingerprint density at radius 2 is 2.33 bits per heavy atom. The standard InChI is InChI=1S/C11H19N5O2/c1-17-9-10(14-7-15-11(9)16-12)13-4-2-8-3-5-18-6-8/h7-8H,2-6,12H2,1H3,(H2,13,14,15,16). The lowest BCUT2D eigenvalue weighted by atomic mass is 10.1. The second-order valence-electron chi connectivity index (χ2n) is 4.19. The van der Waals surface area contributed by atoms with Gasteiger partial charge < -0.3 is 20.2 Å². The number of rotatable bonds is 6. The van der Waals surface area contributed by atoms with Gasteiger partial charge >= 0.3 is 0 Å². The molecule has 1 saturated heterocycles. The number of hydrogen-bond acceptors (Lipinski definition) is 7. The van der Waals surface area contributed by atoms with Crippen molar-refractivity contribution in [2.75, 3.05) is 37.6 Å². The van der Waals surface area contributed by atoms with E-state index >= 15 is 0 Å². The van der Waals surface area contributed by atoms with Crippen LogP contribution in [0.3, 0.4) is 0 Å². The number of ether oxygens (including phenoxy) is 2. The Bertz CT molecular complexity index is 382. The third-order valence-electron chi connectivity index (χ3n) is 3.01. The van der Waals surface area contributed by atoms with Gasteiger partial charge in [0.25, 0.3) is 0 Å². The molecule has 2 heterocycles. The molecule has 18 heavy (non-hydrogen) atoms. The number of nitrogens with two attached hydrogens (primary N) is 1. The van der Waals surface area contributed by atoms with Crippen molar-refractivity contribution in [2.24, 2.45) is 11.8 Å². The van der Waals surface area contributed by atoms with E-state index in [2.05, 4.69) is 20.7 Å². The summed E-state index contributed by atoms with van der Waals surface area (Å²) in [4.78, 5) is 8.13. The number of nitrogens with zero attached hydrogens (tertiary/aromatic N) is 2. The number of methoxy groups -OCH3 is 1. The van der Waals surface area contributed by atoms with E-state index in [1.54, 1.807) is 7.11 Å². The van der Waals surface area contributed by atoms with Crippen LogP contribution in [0.15, 0.2) is 6.33 Å². The Morgan fingerprint density at radius 3 is 3.00 bits per heavy atom. The summed E-state index contributed by atoms with van der Waals surface area (Å²) in [7, 11) is 1.57. The van der Waals surface area contributed by atoms with Crippen molar-refractivity contribution in [3.8, 4) is 5.75 Å². The molecule has 1 atom stereocenters. The monoisotopic (exact) mass is 253 g/mol. The van der Waals surface area contributed by atoms with Crippen LogP contribution in [0.5, 0.6) is 5.75 Å². The molecular weight excluding hydrogens is 234 g/mol. The van der Waals surface area contributed by atoms with Gasteiger partial charge in [0, 0.05) is 19.8 Å². The highest BCUT2D eigenvalue weighted by atomic mass is 16.5. The SMILES string of the molecule is COc1c(NN)ncnc1NCCC1CCOC1. The minimum atomic E-state index is 0.471. The summed E-state index contributed by atoms with van der Waals surface area (Å²) in [6.45, 7) is 2.56. The van der Waals surface area contributed by atoms with E-state index in [4.69, 9.17) is 15.3 Å². The zero-order valence-corrected chi connectivity index (χ0v) is 10.5. The molecule has 0 spiro atoms. The average Bonchev–Trinajstić information content (AvgIpc) is 2.91. The first-order valence-corrected chi connectivity index (χ1v) is 6.02. The lowest BCUT2D eigenvalue weighted by Crippen LogP contribution is -2.14. The second-order valence-corrected chi connectivity index (χ2v) is 4.19. The summed E-state index contributed by atoms with van der Waals surface area (Å²) < 4.78 is 10.6. The maximum Gasteiger partial charge on any atom is 0.205 e. The summed E-state index contributed by atoms with van der Waals surface area (Å²) >= 11 is 0. The Morgan fingerprint density at radius 1 is 1.50 bits per heavy atom. The van der Waals surface area contributed by atoms with Crippen LogP contribution in [0.2, 0.25) is 0 Å². The zero-order chi connectivity index (χ0) is 12.8. The largest absolute Gasteiger partial charge is 0.490 e. The molecule has 100 valence electrons. The van der Waals surface area contributed by atoms with E-state index in [0.717, 1.165) is 32.6 Å². The van der Waals surface area contributed by atoms with Gasteiger partial charge in [-0.2, -0.15) is 0 Å². The highest BCUT2D eigenvalue weighted by molar-refractivity contribution is 5.62. The van der Waals surface area contributed by atoms with Gasteiger partial charge in [-0.1, -0.05) is 0 Å². The van der Waals surface area contributed by atoms with E-state index in [1.807, 2.05) is 0 Å². The Hall–Kier alpha value is -1.60. The van der Waals surface area contributed by atoms with Crippen molar-refractivity contribution < 1.29 is 9.47 Å². The average molecular weight is 253 g/mol. The van der Waals surface area contributed by atoms with Crippen molar-refractivity contribution in [1.29, 1.82) is 0 Å². The number of nitrogen functional groups attached to an aromatic ring is 1. The third kappa shape index (κ3) is 2.99. The second kappa shape index (κ2) is 6.36. The molecule has 7 nitrogen and oxygen atoms in total. The van der Waals surface area contributed by atoms with Crippen LogP contribution in [0, 0.1) is 5.92 Å². The van der Waals surface area contributed by atoms with Gasteiger partial charge in [-0.05, 0) is 18.8 Å². The fourth-order valence-electron chi connectivity index (χ4n) is 2.00. The molecule has 0 aliphatic carbocycles.